The van der Waals surface area contributed by atoms with Crippen LogP contribution in [-0.4, -0.2) is 107 Å². The molecule has 18 heteroatoms. The Morgan fingerprint density at radius 3 is 0.839 bits per heavy atom. The SMILES string of the molecule is CCCCCCCCCCOc1ccc(-c2ccc(C(=O)Cl)cc2)cc1.CCCCCCCCCCOc1ccc(-c2ccc(C(=O)Oc3cc(CO)c(C)cc3N(C)C)cc2)cc1.CCCCCCCCCCOc1ccc(-c2ccc(OC(=O)c3cc(C)c(C)cc3/C=C/c3cc(OC(=O)c4ccc(-c5ccc(OCCCCCCCCCC)cc5)cc4)c(N(C)C)cc3C)cc2)cc1.Cc1cc(N(C)C)c(O)cc1CO. The molecule has 0 spiro atoms. The quantitative estimate of drug-likeness (QED) is 0.0107. The van der Waals surface area contributed by atoms with E-state index >= 15 is 0 Å². The van der Waals surface area contributed by atoms with E-state index < -0.39 is 23.2 Å². The van der Waals surface area contributed by atoms with Crippen LogP contribution < -0.4 is 47.9 Å². The highest BCUT2D eigenvalue weighted by molar-refractivity contribution is 6.67. The molecule has 17 nitrogen and oxygen atoms in total. The van der Waals surface area contributed by atoms with Gasteiger partial charge in [-0.2, -0.15) is 0 Å². The topological polar surface area (TPSA) is 203 Å². The van der Waals surface area contributed by atoms with Gasteiger partial charge in [0.15, 0.2) is 11.5 Å². The molecule has 0 aliphatic rings. The monoisotopic (exact) mass is 2040 g/mol. The minimum Gasteiger partial charge on any atom is -0.506 e. The number of esters is 3. The standard InChI is InChI=1S/C65H79NO6.C33H43NO4.C23H29ClO2.C10H15NO2/c1-8-10-12-14-16-18-20-22-42-69-58-36-30-52(31-37-58)51-24-26-55(27-25-51)64(67)72-63-47-56(50(5)46-62(63)66(6)7)28-29-57-44-48(3)49(4)45-61(57)65(68)71-60-40-34-54(35-41-60)53-32-38-59(39-33-53)70-43-23-21-19-17-15-13-11-9-2;1-5-6-7-8-9-10-11-12-21-37-30-19-17-27(18-20-30)26-13-15-28(16-14-26)33(36)38-32-23-29(24-35)25(2)22-31(32)34(3)4;1-2-3-4-5-6-7-8-9-18-26-22-16-14-20(15-17-22)19-10-12-21(13-11-19)23(24)25;1-7-4-9(11(2)3)10(13)5-8(7)6-12/h24-41,44-47H,8-23,42-43H2,1-7H3;13-20,22-23,35H,5-12,21,24H2,1-4H3;10-17H,2-9,18H2,1H3;4-5,12-13H,6H2,1-3H3/b29-28+;;;. The van der Waals surface area contributed by atoms with E-state index in [-0.39, 0.29) is 19.0 Å². The van der Waals surface area contributed by atoms with E-state index in [2.05, 4.69) is 52.0 Å². The van der Waals surface area contributed by atoms with Crippen LogP contribution in [0.1, 0.15) is 325 Å². The summed E-state index contributed by atoms with van der Waals surface area (Å²) in [7, 11) is 11.4. The number of aliphatic hydroxyl groups excluding tert-OH is 2. The first-order valence-corrected chi connectivity index (χ1v) is 54.9. The first-order chi connectivity index (χ1) is 72.2. The molecule has 0 radical (unpaired) electrons. The fourth-order valence-corrected chi connectivity index (χ4v) is 17.6. The lowest BCUT2D eigenvalue weighted by molar-refractivity contribution is 0.0725. The molecule has 0 bridgehead atoms. The van der Waals surface area contributed by atoms with Gasteiger partial charge in [-0.3, -0.25) is 4.79 Å². The van der Waals surface area contributed by atoms with E-state index in [1.54, 1.807) is 48.5 Å². The molecule has 796 valence electrons. The highest BCUT2D eigenvalue weighted by Crippen LogP contribution is 2.38. The zero-order valence-electron chi connectivity index (χ0n) is 91.7. The Balaban J connectivity index is 0.000000263. The first kappa shape index (κ1) is 120. The molecule has 0 saturated heterocycles. The largest absolute Gasteiger partial charge is 0.506 e. The third-order valence-electron chi connectivity index (χ3n) is 27.0. The molecule has 0 saturated carbocycles. The van der Waals surface area contributed by atoms with Crippen LogP contribution in [0.3, 0.4) is 0 Å². The van der Waals surface area contributed by atoms with E-state index in [9.17, 15) is 29.4 Å². The number of rotatable bonds is 58. The number of aryl methyl sites for hydroxylation is 5. The van der Waals surface area contributed by atoms with Crippen LogP contribution in [0.15, 0.2) is 243 Å². The van der Waals surface area contributed by atoms with Gasteiger partial charge in [-0.15, -0.1) is 0 Å². The second kappa shape index (κ2) is 66.5. The fraction of sp³-hybridized carbons (Fsp3) is 0.405. The van der Waals surface area contributed by atoms with Gasteiger partial charge in [0, 0.05) is 47.8 Å². The molecule has 12 aromatic rings. The molecule has 0 aliphatic heterocycles. The van der Waals surface area contributed by atoms with Crippen molar-refractivity contribution < 1.29 is 67.7 Å². The van der Waals surface area contributed by atoms with Crippen molar-refractivity contribution in [3.63, 3.8) is 0 Å². The summed E-state index contributed by atoms with van der Waals surface area (Å²) in [6.07, 6.45) is 45.0. The Morgan fingerprint density at radius 1 is 0.268 bits per heavy atom. The van der Waals surface area contributed by atoms with Crippen LogP contribution in [0.4, 0.5) is 17.1 Å². The molecule has 12 rings (SSSR count). The lowest BCUT2D eigenvalue weighted by Crippen LogP contribution is -2.15. The zero-order chi connectivity index (χ0) is 107. The molecular weight excluding hydrogens is 1870 g/mol. The minimum atomic E-state index is -0.451. The Kier molecular flexibility index (Phi) is 53.4. The van der Waals surface area contributed by atoms with Gasteiger partial charge >= 0.3 is 17.9 Å². The van der Waals surface area contributed by atoms with E-state index in [1.807, 2.05) is 274 Å². The molecule has 12 aromatic carbocycles. The molecule has 3 N–H and O–H groups in total. The third kappa shape index (κ3) is 41.5. The maximum Gasteiger partial charge on any atom is 0.344 e. The molecule has 0 aliphatic carbocycles. The van der Waals surface area contributed by atoms with Crippen molar-refractivity contribution in [2.45, 2.75) is 281 Å². The van der Waals surface area contributed by atoms with Crippen LogP contribution >= 0.6 is 11.6 Å². The number of nitrogens with zero attached hydrogens (tertiary/aromatic N) is 3. The summed E-state index contributed by atoms with van der Waals surface area (Å²) >= 11 is 5.48. The number of phenols is 1. The van der Waals surface area contributed by atoms with Gasteiger partial charge in [-0.25, -0.2) is 14.4 Å². The average Bonchev–Trinajstić information content (AvgIpc) is 0.769. The normalized spacial score (nSPS) is 10.9. The number of carbonyl (C=O) groups is 4. The second-order valence-corrected chi connectivity index (χ2v) is 40.0. The van der Waals surface area contributed by atoms with E-state index in [0.717, 1.165) is 187 Å². The summed E-state index contributed by atoms with van der Waals surface area (Å²) in [4.78, 5) is 57.2. The number of halogens is 1. The Bertz CT molecular complexity index is 6000. The van der Waals surface area contributed by atoms with Crippen LogP contribution in [0, 0.1) is 34.6 Å². The van der Waals surface area contributed by atoms with Crippen molar-refractivity contribution in [3.05, 3.63) is 315 Å². The van der Waals surface area contributed by atoms with Gasteiger partial charge in [-0.05, 0) is 306 Å². The fourth-order valence-electron chi connectivity index (χ4n) is 17.5. The maximum atomic E-state index is 13.9. The Morgan fingerprint density at radius 2 is 0.530 bits per heavy atom. The number of benzene rings is 12. The van der Waals surface area contributed by atoms with Crippen molar-refractivity contribution in [2.75, 3.05) is 83.4 Å². The smallest absolute Gasteiger partial charge is 0.344 e. The number of ether oxygens (including phenoxy) is 7. The number of aliphatic hydroxyl groups is 2. The molecule has 0 unspecified atom stereocenters. The van der Waals surface area contributed by atoms with E-state index in [4.69, 9.17) is 49.9 Å². The predicted octanol–water partition coefficient (Wildman–Crippen LogP) is 34.1. The summed E-state index contributed by atoms with van der Waals surface area (Å²) in [5.74, 6) is 3.74. The summed E-state index contributed by atoms with van der Waals surface area (Å²) in [6.45, 7) is 21.8. The second-order valence-electron chi connectivity index (χ2n) is 39.6. The Hall–Kier alpha value is -12.9. The lowest BCUT2D eigenvalue weighted by Gasteiger charge is -2.19. The first-order valence-electron chi connectivity index (χ1n) is 54.5. The summed E-state index contributed by atoms with van der Waals surface area (Å²) in [5.41, 5.74) is 20.6. The number of hydrogen-bond acceptors (Lipinski definition) is 17. The summed E-state index contributed by atoms with van der Waals surface area (Å²) < 4.78 is 41.6. The van der Waals surface area contributed by atoms with Gasteiger partial charge in [0.1, 0.15) is 34.5 Å². The molecule has 0 amide bonds. The van der Waals surface area contributed by atoms with Crippen molar-refractivity contribution in [1.82, 2.24) is 0 Å². The minimum absolute atomic E-state index is 0.0346. The molecule has 149 heavy (non-hydrogen) atoms. The van der Waals surface area contributed by atoms with Crippen LogP contribution in [0.25, 0.3) is 56.7 Å². The maximum absolute atomic E-state index is 13.9. The van der Waals surface area contributed by atoms with Gasteiger partial charge < -0.3 is 63.2 Å². The predicted molar refractivity (Wildman–Crippen MR) is 620 cm³/mol. The van der Waals surface area contributed by atoms with Crippen molar-refractivity contribution >= 4 is 64.0 Å². The summed E-state index contributed by atoms with van der Waals surface area (Å²) in [6, 6.07) is 77.2. The number of phenolic OH excluding ortho intramolecular Hbond substituents is 1. The van der Waals surface area contributed by atoms with Crippen molar-refractivity contribution in [3.8, 4) is 90.5 Å². The Labute approximate surface area is 895 Å². The third-order valence-corrected chi connectivity index (χ3v) is 27.2. The van der Waals surface area contributed by atoms with Gasteiger partial charge in [0.05, 0.1) is 73.4 Å². The number of anilines is 3. The number of aromatic hydroxyl groups is 1. The molecule has 0 heterocycles. The number of carbonyl (C=O) groups excluding carboxylic acids is 4. The lowest BCUT2D eigenvalue weighted by atomic mass is 9.98. The molecule has 0 aromatic heterocycles. The van der Waals surface area contributed by atoms with Gasteiger partial charge in [-0.1, -0.05) is 323 Å². The number of unbranched alkanes of at least 4 members (excludes halogenated alkanes) is 28. The van der Waals surface area contributed by atoms with Crippen LogP contribution in [-0.2, 0) is 13.2 Å². The van der Waals surface area contributed by atoms with Crippen LogP contribution in [0.5, 0.6) is 46.0 Å². The van der Waals surface area contributed by atoms with E-state index in [0.29, 0.717) is 39.5 Å². The molecule has 0 fully saturated rings. The zero-order valence-corrected chi connectivity index (χ0v) is 92.4. The highest BCUT2D eigenvalue weighted by Gasteiger charge is 2.22. The van der Waals surface area contributed by atoms with Gasteiger partial charge in [0.25, 0.3) is 5.24 Å². The molecule has 0 atom stereocenters. The highest BCUT2D eigenvalue weighted by atomic mass is 35.5. The van der Waals surface area contributed by atoms with Gasteiger partial charge in [0.2, 0.25) is 0 Å². The molecular formula is C131H166ClN3O14. The van der Waals surface area contributed by atoms with E-state index in [1.165, 1.54) is 180 Å². The average molecular weight is 2040 g/mol. The number of hydrogen-bond donors (Lipinski definition) is 3. The van der Waals surface area contributed by atoms with Crippen LogP contribution in [0.2, 0.25) is 0 Å². The van der Waals surface area contributed by atoms with Crippen molar-refractivity contribution in [1.29, 1.82) is 0 Å². The summed E-state index contributed by atoms with van der Waals surface area (Å²) in [5, 5.41) is 27.7. The van der Waals surface area contributed by atoms with Crippen molar-refractivity contribution in [2.24, 2.45) is 0 Å².